The lowest BCUT2D eigenvalue weighted by Gasteiger charge is -2.47. The predicted molar refractivity (Wildman–Crippen MR) is 89.1 cm³/mol. The number of para-hydroxylation sites is 1. The Hall–Kier alpha value is -2.00. The molecule has 2 aromatic rings. The van der Waals surface area contributed by atoms with Crippen molar-refractivity contribution in [1.29, 1.82) is 0 Å². The minimum Gasteiger partial charge on any atom is -0.487 e. The highest BCUT2D eigenvalue weighted by Gasteiger charge is 2.45. The van der Waals surface area contributed by atoms with Crippen molar-refractivity contribution in [3.05, 3.63) is 54.1 Å². The molecule has 2 heterocycles. The normalized spacial score (nSPS) is 25.0. The third-order valence-corrected chi connectivity index (χ3v) is 4.85. The fraction of sp³-hybridized carbons (Fsp3) is 0.400. The fourth-order valence-corrected chi connectivity index (χ4v) is 3.69. The van der Waals surface area contributed by atoms with Crippen LogP contribution >= 0.6 is 0 Å². The van der Waals surface area contributed by atoms with E-state index in [1.165, 1.54) is 0 Å². The van der Waals surface area contributed by atoms with Gasteiger partial charge in [-0.3, -0.25) is 0 Å². The van der Waals surface area contributed by atoms with Crippen LogP contribution in [0.2, 0.25) is 0 Å². The second kappa shape index (κ2) is 5.57. The lowest BCUT2D eigenvalue weighted by atomic mass is 9.76. The molecule has 1 fully saturated rings. The van der Waals surface area contributed by atoms with E-state index in [0.29, 0.717) is 5.92 Å². The minimum absolute atomic E-state index is 0.0989. The molecule has 2 aromatic carbocycles. The smallest absolute Gasteiger partial charge is 0.128 e. The third-order valence-electron chi connectivity index (χ3n) is 4.85. The van der Waals surface area contributed by atoms with Gasteiger partial charge in [0.05, 0.1) is 6.10 Å². The van der Waals surface area contributed by atoms with Crippen molar-refractivity contribution in [2.24, 2.45) is 5.92 Å². The van der Waals surface area contributed by atoms with Crippen LogP contribution in [0.15, 0.2) is 48.5 Å². The summed E-state index contributed by atoms with van der Waals surface area (Å²) in [7, 11) is 0. The van der Waals surface area contributed by atoms with Crippen molar-refractivity contribution in [1.82, 2.24) is 0 Å². The van der Waals surface area contributed by atoms with Gasteiger partial charge in [-0.05, 0) is 57.0 Å². The molecule has 4 rings (SSSR count). The van der Waals surface area contributed by atoms with Gasteiger partial charge in [-0.1, -0.05) is 18.2 Å². The Labute approximate surface area is 137 Å². The second-order valence-corrected chi connectivity index (χ2v) is 6.86. The van der Waals surface area contributed by atoms with Crippen molar-refractivity contribution in [3.63, 3.8) is 0 Å². The summed E-state index contributed by atoms with van der Waals surface area (Å²) in [5, 5.41) is 0. The number of ether oxygens (including phenoxy) is 3. The van der Waals surface area contributed by atoms with Gasteiger partial charge in [0.1, 0.15) is 22.8 Å². The molecule has 0 spiro atoms. The van der Waals surface area contributed by atoms with E-state index >= 15 is 0 Å². The van der Waals surface area contributed by atoms with Crippen LogP contribution in [0.1, 0.15) is 38.4 Å². The van der Waals surface area contributed by atoms with Crippen LogP contribution in [0.3, 0.4) is 0 Å². The Morgan fingerprint density at radius 1 is 1.04 bits per heavy atom. The molecule has 2 aliphatic heterocycles. The largest absolute Gasteiger partial charge is 0.487 e. The van der Waals surface area contributed by atoms with Gasteiger partial charge < -0.3 is 14.2 Å². The first-order valence-corrected chi connectivity index (χ1v) is 8.31. The van der Waals surface area contributed by atoms with Crippen LogP contribution in [0.4, 0.5) is 0 Å². The van der Waals surface area contributed by atoms with Crippen molar-refractivity contribution >= 4 is 0 Å². The number of hydrogen-bond acceptors (Lipinski definition) is 3. The van der Waals surface area contributed by atoms with Crippen LogP contribution < -0.4 is 9.47 Å². The Morgan fingerprint density at radius 3 is 2.70 bits per heavy atom. The van der Waals surface area contributed by atoms with Crippen LogP contribution in [0, 0.1) is 5.92 Å². The molecule has 2 aliphatic rings. The molecule has 3 heteroatoms. The molecule has 0 amide bonds. The number of hydrogen-bond donors (Lipinski definition) is 0. The molecule has 2 unspecified atom stereocenters. The van der Waals surface area contributed by atoms with E-state index in [-0.39, 0.29) is 11.7 Å². The van der Waals surface area contributed by atoms with Gasteiger partial charge in [0.2, 0.25) is 0 Å². The molecule has 1 saturated heterocycles. The Morgan fingerprint density at radius 2 is 1.87 bits per heavy atom. The standard InChI is InChI=1S/C20H22O3/c1-20(2)17-9-6-12-21-19(17)16-13-15(10-11-18(16)23-20)22-14-7-4-3-5-8-14/h3-5,7-8,10-11,13,17,19H,6,9,12H2,1-2H3. The fourth-order valence-electron chi connectivity index (χ4n) is 3.69. The van der Waals surface area contributed by atoms with Crippen LogP contribution in [0.5, 0.6) is 17.2 Å². The van der Waals surface area contributed by atoms with Crippen LogP contribution in [0.25, 0.3) is 0 Å². The molecule has 23 heavy (non-hydrogen) atoms. The molecule has 2 atom stereocenters. The lowest BCUT2D eigenvalue weighted by Crippen LogP contribution is -2.47. The van der Waals surface area contributed by atoms with Crippen LogP contribution in [-0.2, 0) is 4.74 Å². The van der Waals surface area contributed by atoms with E-state index in [0.717, 1.165) is 42.3 Å². The zero-order valence-electron chi connectivity index (χ0n) is 13.6. The monoisotopic (exact) mass is 310 g/mol. The van der Waals surface area contributed by atoms with E-state index in [1.807, 2.05) is 42.5 Å². The maximum Gasteiger partial charge on any atom is 0.128 e. The van der Waals surface area contributed by atoms with Gasteiger partial charge in [-0.2, -0.15) is 0 Å². The predicted octanol–water partition coefficient (Wildman–Crippen LogP) is 5.12. The van der Waals surface area contributed by atoms with Gasteiger partial charge in [-0.25, -0.2) is 0 Å². The van der Waals surface area contributed by atoms with E-state index < -0.39 is 0 Å². The van der Waals surface area contributed by atoms with E-state index in [1.54, 1.807) is 0 Å². The third kappa shape index (κ3) is 2.70. The second-order valence-electron chi connectivity index (χ2n) is 6.86. The summed E-state index contributed by atoms with van der Waals surface area (Å²) in [6.45, 7) is 5.15. The van der Waals surface area contributed by atoms with Gasteiger partial charge >= 0.3 is 0 Å². The molecule has 0 aliphatic carbocycles. The van der Waals surface area contributed by atoms with Gasteiger partial charge in [0, 0.05) is 18.1 Å². The minimum atomic E-state index is -0.195. The van der Waals surface area contributed by atoms with Crippen molar-refractivity contribution in [2.75, 3.05) is 6.61 Å². The summed E-state index contributed by atoms with van der Waals surface area (Å²) in [6.07, 6.45) is 2.34. The molecule has 0 saturated carbocycles. The maximum atomic E-state index is 6.26. The Bertz CT molecular complexity index is 693. The maximum absolute atomic E-state index is 6.26. The number of fused-ring (bicyclic) bond motifs is 3. The van der Waals surface area contributed by atoms with E-state index in [4.69, 9.17) is 14.2 Å². The molecule has 0 radical (unpaired) electrons. The first-order valence-electron chi connectivity index (χ1n) is 8.31. The molecular formula is C20H22O3. The van der Waals surface area contributed by atoms with E-state index in [2.05, 4.69) is 19.9 Å². The summed E-state index contributed by atoms with van der Waals surface area (Å²) in [5.41, 5.74) is 0.919. The number of rotatable bonds is 2. The molecule has 0 aromatic heterocycles. The summed E-state index contributed by atoms with van der Waals surface area (Å²) >= 11 is 0. The summed E-state index contributed by atoms with van der Waals surface area (Å²) in [5.74, 6) is 2.96. The Kier molecular flexibility index (Phi) is 3.53. The van der Waals surface area contributed by atoms with Crippen molar-refractivity contribution in [2.45, 2.75) is 38.4 Å². The van der Waals surface area contributed by atoms with Crippen LogP contribution in [-0.4, -0.2) is 12.2 Å². The SMILES string of the molecule is CC1(C)Oc2ccc(Oc3ccccc3)cc2C2OCCCC21. The average molecular weight is 310 g/mol. The molecule has 0 bridgehead atoms. The highest BCUT2D eigenvalue weighted by Crippen LogP contribution is 2.50. The topological polar surface area (TPSA) is 27.7 Å². The zero-order chi connectivity index (χ0) is 15.9. The molecular weight excluding hydrogens is 288 g/mol. The summed E-state index contributed by atoms with van der Waals surface area (Å²) in [6, 6.07) is 15.9. The highest BCUT2D eigenvalue weighted by atomic mass is 16.5. The molecule has 0 N–H and O–H groups in total. The first-order chi connectivity index (χ1) is 11.1. The zero-order valence-corrected chi connectivity index (χ0v) is 13.6. The summed E-state index contributed by atoms with van der Waals surface area (Å²) in [4.78, 5) is 0. The summed E-state index contributed by atoms with van der Waals surface area (Å²) < 4.78 is 18.3. The highest BCUT2D eigenvalue weighted by molar-refractivity contribution is 5.45. The first kappa shape index (κ1) is 14.6. The Balaban J connectivity index is 1.68. The van der Waals surface area contributed by atoms with Crippen molar-refractivity contribution < 1.29 is 14.2 Å². The van der Waals surface area contributed by atoms with Crippen molar-refractivity contribution in [3.8, 4) is 17.2 Å². The molecule has 120 valence electrons. The average Bonchev–Trinajstić information content (AvgIpc) is 2.56. The lowest BCUT2D eigenvalue weighted by molar-refractivity contribution is -0.116. The van der Waals surface area contributed by atoms with Gasteiger partial charge in [-0.15, -0.1) is 0 Å². The van der Waals surface area contributed by atoms with Gasteiger partial charge in [0.25, 0.3) is 0 Å². The molecule has 3 nitrogen and oxygen atoms in total. The van der Waals surface area contributed by atoms with Gasteiger partial charge in [0.15, 0.2) is 0 Å². The number of benzene rings is 2. The van der Waals surface area contributed by atoms with E-state index in [9.17, 15) is 0 Å². The quantitative estimate of drug-likeness (QED) is 0.770.